The van der Waals surface area contributed by atoms with Crippen LogP contribution in [0, 0.1) is 0 Å². The molecule has 0 saturated carbocycles. The second-order valence-corrected chi connectivity index (χ2v) is 7.64. The molecule has 1 amide bonds. The van der Waals surface area contributed by atoms with Crippen LogP contribution < -0.4 is 5.32 Å². The van der Waals surface area contributed by atoms with Gasteiger partial charge in [0.2, 0.25) is 5.91 Å². The molecule has 4 rings (SSSR count). The highest BCUT2D eigenvalue weighted by atomic mass is 35.5. The van der Waals surface area contributed by atoms with E-state index in [0.717, 1.165) is 53.1 Å². The van der Waals surface area contributed by atoms with Gasteiger partial charge in [0.15, 0.2) is 0 Å². The predicted molar refractivity (Wildman–Crippen MR) is 123 cm³/mol. The third-order valence-corrected chi connectivity index (χ3v) is 5.64. The van der Waals surface area contributed by atoms with Crippen LogP contribution in [0.1, 0.15) is 23.9 Å². The summed E-state index contributed by atoms with van der Waals surface area (Å²) in [5.41, 5.74) is 4.95. The molecule has 0 radical (unpaired) electrons. The van der Waals surface area contributed by atoms with Crippen molar-refractivity contribution in [1.29, 1.82) is 0 Å². The zero-order valence-corrected chi connectivity index (χ0v) is 17.7. The molecule has 0 fully saturated rings. The molecular formula is C25H24ClN3O. The lowest BCUT2D eigenvalue weighted by Gasteiger charge is -2.12. The molecule has 0 aliphatic heterocycles. The normalized spacial score (nSPS) is 11.0. The molecule has 0 spiro atoms. The molecule has 5 heteroatoms. The number of fused-ring (bicyclic) bond motifs is 1. The summed E-state index contributed by atoms with van der Waals surface area (Å²) >= 11 is 6.19. The van der Waals surface area contributed by atoms with Crippen LogP contribution in [0.15, 0.2) is 72.8 Å². The number of anilines is 1. The van der Waals surface area contributed by atoms with Gasteiger partial charge in [-0.15, -0.1) is 0 Å². The molecular weight excluding hydrogens is 394 g/mol. The first-order valence-electron chi connectivity index (χ1n) is 10.2. The molecule has 0 aliphatic rings. The van der Waals surface area contributed by atoms with Crippen LogP contribution in [0.4, 0.5) is 5.69 Å². The summed E-state index contributed by atoms with van der Waals surface area (Å²) in [4.78, 5) is 17.4. The van der Waals surface area contributed by atoms with Crippen LogP contribution in [0.3, 0.4) is 0 Å². The molecule has 3 aromatic carbocycles. The standard InChI is InChI=1S/C25H24ClN3O/c1-2-29-23-14-8-7-13-22(23)27-24(29)16-15-18-9-4-6-12-21(18)28-25(30)17-19-10-3-5-11-20(19)26/h3-14H,2,15-17H2,1H3,(H,28,30). The van der Waals surface area contributed by atoms with Gasteiger partial charge in [-0.1, -0.05) is 60.1 Å². The van der Waals surface area contributed by atoms with E-state index in [4.69, 9.17) is 16.6 Å². The van der Waals surface area contributed by atoms with Crippen LogP contribution in [0.25, 0.3) is 11.0 Å². The van der Waals surface area contributed by atoms with Crippen LogP contribution >= 0.6 is 11.6 Å². The number of aromatic nitrogens is 2. The van der Waals surface area contributed by atoms with E-state index >= 15 is 0 Å². The zero-order chi connectivity index (χ0) is 20.9. The summed E-state index contributed by atoms with van der Waals surface area (Å²) in [5.74, 6) is 0.993. The van der Waals surface area contributed by atoms with Crippen molar-refractivity contribution >= 4 is 34.2 Å². The van der Waals surface area contributed by atoms with E-state index in [0.29, 0.717) is 5.02 Å². The van der Waals surface area contributed by atoms with Gasteiger partial charge in [-0.05, 0) is 48.7 Å². The fraction of sp³-hybridized carbons (Fsp3) is 0.200. The van der Waals surface area contributed by atoms with Gasteiger partial charge in [-0.2, -0.15) is 0 Å². The number of aryl methyl sites for hydroxylation is 3. The number of amides is 1. The van der Waals surface area contributed by atoms with Crippen molar-refractivity contribution in [2.45, 2.75) is 32.7 Å². The summed E-state index contributed by atoms with van der Waals surface area (Å²) < 4.78 is 2.26. The minimum Gasteiger partial charge on any atom is -0.328 e. The van der Waals surface area contributed by atoms with Crippen LogP contribution in [-0.4, -0.2) is 15.5 Å². The first-order valence-corrected chi connectivity index (χ1v) is 10.6. The molecule has 1 N–H and O–H groups in total. The van der Waals surface area contributed by atoms with E-state index in [9.17, 15) is 4.79 Å². The first-order chi connectivity index (χ1) is 14.7. The maximum Gasteiger partial charge on any atom is 0.228 e. The van der Waals surface area contributed by atoms with Gasteiger partial charge in [-0.3, -0.25) is 4.79 Å². The van der Waals surface area contributed by atoms with Crippen molar-refractivity contribution in [2.24, 2.45) is 0 Å². The monoisotopic (exact) mass is 417 g/mol. The van der Waals surface area contributed by atoms with Gasteiger partial charge in [0, 0.05) is 23.7 Å². The highest BCUT2D eigenvalue weighted by molar-refractivity contribution is 6.31. The van der Waals surface area contributed by atoms with Gasteiger partial charge >= 0.3 is 0 Å². The van der Waals surface area contributed by atoms with Crippen molar-refractivity contribution in [2.75, 3.05) is 5.32 Å². The van der Waals surface area contributed by atoms with Gasteiger partial charge in [0.25, 0.3) is 0 Å². The highest BCUT2D eigenvalue weighted by Crippen LogP contribution is 2.22. The number of imidazole rings is 1. The predicted octanol–water partition coefficient (Wildman–Crippen LogP) is 5.68. The molecule has 0 bridgehead atoms. The summed E-state index contributed by atoms with van der Waals surface area (Å²) in [6, 6.07) is 23.6. The fourth-order valence-electron chi connectivity index (χ4n) is 3.78. The van der Waals surface area contributed by atoms with Gasteiger partial charge in [0.05, 0.1) is 17.5 Å². The largest absolute Gasteiger partial charge is 0.328 e. The number of rotatable bonds is 7. The van der Waals surface area contributed by atoms with Crippen LogP contribution in [0.2, 0.25) is 5.02 Å². The summed E-state index contributed by atoms with van der Waals surface area (Å²) in [7, 11) is 0. The average molecular weight is 418 g/mol. The second kappa shape index (κ2) is 9.14. The Morgan fingerprint density at radius 3 is 2.43 bits per heavy atom. The van der Waals surface area contributed by atoms with E-state index in [-0.39, 0.29) is 12.3 Å². The number of halogens is 1. The molecule has 1 heterocycles. The Kier molecular flexibility index (Phi) is 6.15. The molecule has 4 aromatic rings. The fourth-order valence-corrected chi connectivity index (χ4v) is 3.99. The molecule has 0 saturated heterocycles. The number of hydrogen-bond donors (Lipinski definition) is 1. The molecule has 0 aliphatic carbocycles. The van der Waals surface area contributed by atoms with E-state index in [1.807, 2.05) is 54.6 Å². The number of hydrogen-bond acceptors (Lipinski definition) is 2. The minimum atomic E-state index is -0.0728. The lowest BCUT2D eigenvalue weighted by molar-refractivity contribution is -0.115. The Balaban J connectivity index is 1.49. The molecule has 0 atom stereocenters. The van der Waals surface area contributed by atoms with Crippen LogP contribution in [0.5, 0.6) is 0 Å². The number of nitrogens with zero attached hydrogens (tertiary/aromatic N) is 2. The minimum absolute atomic E-state index is 0.0728. The Bertz CT molecular complexity index is 1180. The number of carbonyl (C=O) groups is 1. The summed E-state index contributed by atoms with van der Waals surface area (Å²) in [6.07, 6.45) is 1.85. The molecule has 152 valence electrons. The Morgan fingerprint density at radius 1 is 0.933 bits per heavy atom. The maximum absolute atomic E-state index is 12.6. The molecule has 1 aromatic heterocycles. The van der Waals surface area contributed by atoms with E-state index < -0.39 is 0 Å². The smallest absolute Gasteiger partial charge is 0.228 e. The number of para-hydroxylation sites is 3. The Hall–Kier alpha value is -3.11. The highest BCUT2D eigenvalue weighted by Gasteiger charge is 2.12. The van der Waals surface area contributed by atoms with Crippen LogP contribution in [-0.2, 0) is 30.6 Å². The number of benzene rings is 3. The third-order valence-electron chi connectivity index (χ3n) is 5.27. The SMILES string of the molecule is CCn1c(CCc2ccccc2NC(=O)Cc2ccccc2Cl)nc2ccccc21. The summed E-state index contributed by atoms with van der Waals surface area (Å²) in [5, 5.41) is 3.66. The average Bonchev–Trinajstić information content (AvgIpc) is 3.12. The maximum atomic E-state index is 12.6. The van der Waals surface area contributed by atoms with Crippen molar-refractivity contribution in [3.8, 4) is 0 Å². The quantitative estimate of drug-likeness (QED) is 0.420. The third kappa shape index (κ3) is 4.39. The van der Waals surface area contributed by atoms with Crippen molar-refractivity contribution in [3.63, 3.8) is 0 Å². The molecule has 4 nitrogen and oxygen atoms in total. The summed E-state index contributed by atoms with van der Waals surface area (Å²) in [6.45, 7) is 3.02. The van der Waals surface area contributed by atoms with Crippen molar-refractivity contribution in [1.82, 2.24) is 9.55 Å². The van der Waals surface area contributed by atoms with Gasteiger partial charge in [0.1, 0.15) is 5.82 Å². The van der Waals surface area contributed by atoms with E-state index in [1.165, 1.54) is 0 Å². The van der Waals surface area contributed by atoms with E-state index in [1.54, 1.807) is 6.07 Å². The Morgan fingerprint density at radius 2 is 1.63 bits per heavy atom. The van der Waals surface area contributed by atoms with Gasteiger partial charge in [-0.25, -0.2) is 4.98 Å². The Labute approximate surface area is 181 Å². The number of carbonyl (C=O) groups excluding carboxylic acids is 1. The second-order valence-electron chi connectivity index (χ2n) is 7.23. The topological polar surface area (TPSA) is 46.9 Å². The lowest BCUT2D eigenvalue weighted by atomic mass is 10.1. The lowest BCUT2D eigenvalue weighted by Crippen LogP contribution is -2.16. The van der Waals surface area contributed by atoms with E-state index in [2.05, 4.69) is 28.9 Å². The van der Waals surface area contributed by atoms with Crippen molar-refractivity contribution in [3.05, 3.63) is 94.8 Å². The van der Waals surface area contributed by atoms with Crippen molar-refractivity contribution < 1.29 is 4.79 Å². The molecule has 0 unspecified atom stereocenters. The zero-order valence-electron chi connectivity index (χ0n) is 16.9. The molecule has 30 heavy (non-hydrogen) atoms. The van der Waals surface area contributed by atoms with Gasteiger partial charge < -0.3 is 9.88 Å². The number of nitrogens with one attached hydrogen (secondary N) is 1. The first kappa shape index (κ1) is 20.2.